The van der Waals surface area contributed by atoms with E-state index in [1.54, 1.807) is 0 Å². The summed E-state index contributed by atoms with van der Waals surface area (Å²) in [6, 6.07) is 0. The molecule has 0 fully saturated rings. The van der Waals surface area contributed by atoms with Crippen molar-refractivity contribution in [2.24, 2.45) is 0 Å². The van der Waals surface area contributed by atoms with E-state index < -0.39 is 6.10 Å². The molecule has 0 saturated carbocycles. The van der Waals surface area contributed by atoms with Gasteiger partial charge in [-0.15, -0.1) is 0 Å². The van der Waals surface area contributed by atoms with Gasteiger partial charge < -0.3 is 14.2 Å². The molecule has 0 aromatic rings. The molecular weight excluding hydrogens is 769 g/mol. The Labute approximate surface area is 381 Å². The minimum absolute atomic E-state index is 0.116. The normalized spacial score (nSPS) is 12.9. The van der Waals surface area contributed by atoms with Crippen LogP contribution in [0.4, 0.5) is 0 Å². The second-order valence-corrected chi connectivity index (χ2v) is 16.3. The van der Waals surface area contributed by atoms with Gasteiger partial charge in [0.05, 0.1) is 0 Å². The fourth-order valence-electron chi connectivity index (χ4n) is 6.57. The highest BCUT2D eigenvalue weighted by Gasteiger charge is 2.19. The van der Waals surface area contributed by atoms with Gasteiger partial charge in [0.15, 0.2) is 6.10 Å². The zero-order chi connectivity index (χ0) is 45.1. The minimum atomic E-state index is -0.823. The lowest BCUT2D eigenvalue weighted by molar-refractivity contribution is -0.167. The Morgan fingerprint density at radius 1 is 0.339 bits per heavy atom. The molecule has 0 heterocycles. The number of esters is 3. The lowest BCUT2D eigenvalue weighted by atomic mass is 10.1. The number of hydrogen-bond acceptors (Lipinski definition) is 6. The van der Waals surface area contributed by atoms with Gasteiger partial charge in [-0.2, -0.15) is 0 Å². The van der Waals surface area contributed by atoms with Gasteiger partial charge in [0.25, 0.3) is 0 Å². The van der Waals surface area contributed by atoms with Crippen molar-refractivity contribution < 1.29 is 28.6 Å². The topological polar surface area (TPSA) is 78.9 Å². The molecule has 1 atom stereocenters. The third-order valence-corrected chi connectivity index (χ3v) is 10.3. The first kappa shape index (κ1) is 58.3. The predicted molar refractivity (Wildman–Crippen MR) is 265 cm³/mol. The van der Waals surface area contributed by atoms with Crippen LogP contribution in [0, 0.1) is 0 Å². The Balaban J connectivity index is 4.45. The van der Waals surface area contributed by atoms with Crippen LogP contribution in [-0.2, 0) is 28.6 Å². The summed E-state index contributed by atoms with van der Waals surface area (Å²) in [5, 5.41) is 0. The summed E-state index contributed by atoms with van der Waals surface area (Å²) in [5.41, 5.74) is 0. The molecule has 6 nitrogen and oxygen atoms in total. The number of rotatable bonds is 44. The van der Waals surface area contributed by atoms with E-state index in [9.17, 15) is 14.4 Å². The van der Waals surface area contributed by atoms with E-state index in [1.807, 2.05) is 0 Å². The highest BCUT2D eigenvalue weighted by Crippen LogP contribution is 2.13. The monoisotopic (exact) mass is 861 g/mol. The maximum absolute atomic E-state index is 12.7. The van der Waals surface area contributed by atoms with E-state index in [-0.39, 0.29) is 37.5 Å². The van der Waals surface area contributed by atoms with Crippen molar-refractivity contribution in [2.75, 3.05) is 13.2 Å². The quantitative estimate of drug-likeness (QED) is 0.0263. The molecule has 0 aliphatic carbocycles. The third kappa shape index (κ3) is 47.4. The van der Waals surface area contributed by atoms with Crippen LogP contribution in [-0.4, -0.2) is 37.2 Å². The summed E-state index contributed by atoms with van der Waals surface area (Å²) in [5.74, 6) is -1.03. The molecule has 0 rings (SSSR count). The van der Waals surface area contributed by atoms with E-state index in [1.165, 1.54) is 70.6 Å². The van der Waals surface area contributed by atoms with Crippen LogP contribution >= 0.6 is 0 Å². The zero-order valence-corrected chi connectivity index (χ0v) is 40.1. The number of unbranched alkanes of at least 4 members (excludes halogenated alkanes) is 17. The van der Waals surface area contributed by atoms with E-state index in [2.05, 4.69) is 118 Å². The second kappa shape index (κ2) is 50.0. The Morgan fingerprint density at radius 3 is 1.08 bits per heavy atom. The lowest BCUT2D eigenvalue weighted by Gasteiger charge is -2.18. The minimum Gasteiger partial charge on any atom is -0.462 e. The van der Waals surface area contributed by atoms with Gasteiger partial charge in [-0.1, -0.05) is 189 Å². The molecule has 0 aliphatic rings. The van der Waals surface area contributed by atoms with Crippen LogP contribution in [0.2, 0.25) is 0 Å². The van der Waals surface area contributed by atoms with Crippen molar-refractivity contribution >= 4 is 17.9 Å². The van der Waals surface area contributed by atoms with Gasteiger partial charge in [-0.05, 0) is 109 Å². The molecule has 62 heavy (non-hydrogen) atoms. The number of carbonyl (C=O) groups excluding carboxylic acids is 3. The van der Waals surface area contributed by atoms with Crippen LogP contribution < -0.4 is 0 Å². The first-order valence-corrected chi connectivity index (χ1v) is 25.2. The van der Waals surface area contributed by atoms with Crippen LogP contribution in [0.25, 0.3) is 0 Å². The van der Waals surface area contributed by atoms with Crippen molar-refractivity contribution in [1.82, 2.24) is 0 Å². The van der Waals surface area contributed by atoms with Crippen LogP contribution in [0.3, 0.4) is 0 Å². The van der Waals surface area contributed by atoms with Gasteiger partial charge in [0.1, 0.15) is 13.2 Å². The molecule has 0 aromatic heterocycles. The Morgan fingerprint density at radius 2 is 0.645 bits per heavy atom. The maximum atomic E-state index is 12.7. The molecule has 352 valence electrons. The summed E-state index contributed by atoms with van der Waals surface area (Å²) >= 11 is 0. The Kier molecular flexibility index (Phi) is 47.0. The number of ether oxygens (including phenoxy) is 3. The molecule has 0 aromatic carbocycles. The van der Waals surface area contributed by atoms with Crippen molar-refractivity contribution in [1.29, 1.82) is 0 Å². The average molecular weight is 861 g/mol. The smallest absolute Gasteiger partial charge is 0.306 e. The second-order valence-electron chi connectivity index (χ2n) is 16.3. The molecule has 0 aliphatic heterocycles. The van der Waals surface area contributed by atoms with Crippen molar-refractivity contribution in [3.8, 4) is 0 Å². The van der Waals surface area contributed by atoms with E-state index in [0.29, 0.717) is 19.3 Å². The van der Waals surface area contributed by atoms with Crippen molar-refractivity contribution in [3.63, 3.8) is 0 Å². The summed E-state index contributed by atoms with van der Waals surface area (Å²) in [7, 11) is 0. The molecule has 0 amide bonds. The van der Waals surface area contributed by atoms with Gasteiger partial charge in [-0.25, -0.2) is 0 Å². The summed E-state index contributed by atoms with van der Waals surface area (Å²) < 4.78 is 16.7. The highest BCUT2D eigenvalue weighted by atomic mass is 16.6. The van der Waals surface area contributed by atoms with Crippen molar-refractivity contribution in [3.05, 3.63) is 97.2 Å². The average Bonchev–Trinajstić information content (AvgIpc) is 3.27. The molecule has 0 N–H and O–H groups in total. The third-order valence-electron chi connectivity index (χ3n) is 10.3. The number of hydrogen-bond donors (Lipinski definition) is 0. The summed E-state index contributed by atoms with van der Waals surface area (Å²) in [4.78, 5) is 37.8. The summed E-state index contributed by atoms with van der Waals surface area (Å²) in [6.07, 6.45) is 65.6. The molecule has 0 bridgehead atoms. The van der Waals surface area contributed by atoms with E-state index in [4.69, 9.17) is 14.2 Å². The SMILES string of the molecule is CC/C=C\C/C=C\C/C=C\C/C=C\C/C=C\CCCC(=O)OC(COC(=O)CCCC/C=C\C/C=C\CC)COC(=O)CCCCCCC/C=C\CCCCCCCCCCC. The molecule has 1 unspecified atom stereocenters. The number of allylic oxidation sites excluding steroid dienone is 16. The van der Waals surface area contributed by atoms with Crippen LogP contribution in [0.15, 0.2) is 97.2 Å². The van der Waals surface area contributed by atoms with Gasteiger partial charge in [0, 0.05) is 19.3 Å². The molecule has 0 spiro atoms. The lowest BCUT2D eigenvalue weighted by Crippen LogP contribution is -2.30. The highest BCUT2D eigenvalue weighted by molar-refractivity contribution is 5.71. The Bertz CT molecular complexity index is 1260. The van der Waals surface area contributed by atoms with Crippen LogP contribution in [0.5, 0.6) is 0 Å². The first-order valence-electron chi connectivity index (χ1n) is 25.2. The van der Waals surface area contributed by atoms with Gasteiger partial charge >= 0.3 is 17.9 Å². The number of carbonyl (C=O) groups is 3. The Hall–Kier alpha value is -3.67. The molecule has 0 radical (unpaired) electrons. The fraction of sp³-hybridized carbons (Fsp3) is 0.661. The molecule has 6 heteroatoms. The summed E-state index contributed by atoms with van der Waals surface area (Å²) in [6.45, 7) is 6.30. The van der Waals surface area contributed by atoms with E-state index >= 15 is 0 Å². The predicted octanol–water partition coefficient (Wildman–Crippen LogP) is 16.6. The van der Waals surface area contributed by atoms with Crippen LogP contribution in [0.1, 0.15) is 220 Å². The fourth-order valence-corrected chi connectivity index (χ4v) is 6.57. The first-order chi connectivity index (χ1) is 30.5. The van der Waals surface area contributed by atoms with Gasteiger partial charge in [-0.3, -0.25) is 14.4 Å². The van der Waals surface area contributed by atoms with E-state index in [0.717, 1.165) is 103 Å². The van der Waals surface area contributed by atoms with Crippen molar-refractivity contribution in [2.45, 2.75) is 226 Å². The molecule has 0 saturated heterocycles. The standard InChI is InChI=1S/C56H92O6/c1-4-7-10-13-16-19-21-23-25-27-29-30-32-34-37-40-43-46-49-55(58)61-52-53(51-60-54(57)48-45-42-39-36-18-15-12-9-6-3)62-56(59)50-47-44-41-38-35-33-31-28-26-24-22-20-17-14-11-8-5-2/h8-9,11-12,17-18,20,24,26,29-31,33,36,38,41,53H,4-7,10,13-16,19,21-23,25,27-28,32,34-35,37,39-40,42-52H2,1-3H3/b11-8-,12-9-,20-17-,26-24-,30-29-,33-31-,36-18-,41-38-. The molecular formula is C56H92O6. The van der Waals surface area contributed by atoms with Gasteiger partial charge in [0.2, 0.25) is 0 Å². The zero-order valence-electron chi connectivity index (χ0n) is 40.1. The largest absolute Gasteiger partial charge is 0.462 e. The maximum Gasteiger partial charge on any atom is 0.306 e.